The molecule has 0 bridgehead atoms. The smallest absolute Gasteiger partial charge is 0.225 e. The zero-order valence-electron chi connectivity index (χ0n) is 12.0. The van der Waals surface area contributed by atoms with Gasteiger partial charge in [-0.05, 0) is 18.9 Å². The van der Waals surface area contributed by atoms with E-state index in [-0.39, 0.29) is 0 Å². The second-order valence-electron chi connectivity index (χ2n) is 5.29. The van der Waals surface area contributed by atoms with Gasteiger partial charge in [-0.15, -0.1) is 10.2 Å². The van der Waals surface area contributed by atoms with Gasteiger partial charge in [-0.25, -0.2) is 15.0 Å². The first-order valence-electron chi connectivity index (χ1n) is 7.33. The average Bonchev–Trinajstić information content (AvgIpc) is 3.06. The molecule has 8 nitrogen and oxygen atoms in total. The lowest BCUT2D eigenvalue weighted by atomic mass is 10.1. The molecule has 0 spiro atoms. The third-order valence-corrected chi connectivity index (χ3v) is 3.89. The predicted octanol–water partition coefficient (Wildman–Crippen LogP) is 0.995. The van der Waals surface area contributed by atoms with Crippen molar-refractivity contribution in [2.24, 2.45) is 0 Å². The number of fused-ring (bicyclic) bond motifs is 1. The summed E-state index contributed by atoms with van der Waals surface area (Å²) < 4.78 is 1.86. The number of rotatable bonds is 3. The minimum atomic E-state index is 0.371. The van der Waals surface area contributed by atoms with Crippen LogP contribution in [0.25, 0.3) is 5.65 Å². The van der Waals surface area contributed by atoms with Crippen molar-refractivity contribution in [2.75, 3.05) is 23.3 Å². The summed E-state index contributed by atoms with van der Waals surface area (Å²) in [6, 6.07) is 2.21. The lowest BCUT2D eigenvalue weighted by Gasteiger charge is -2.32. The van der Waals surface area contributed by atoms with Crippen LogP contribution >= 0.6 is 0 Å². The molecule has 0 unspecified atom stereocenters. The van der Waals surface area contributed by atoms with Crippen molar-refractivity contribution in [1.29, 1.82) is 0 Å². The molecule has 0 aromatic carbocycles. The van der Waals surface area contributed by atoms with Crippen molar-refractivity contribution >= 4 is 17.4 Å². The van der Waals surface area contributed by atoms with E-state index >= 15 is 0 Å². The van der Waals surface area contributed by atoms with Crippen LogP contribution < -0.4 is 10.2 Å². The summed E-state index contributed by atoms with van der Waals surface area (Å²) >= 11 is 0. The van der Waals surface area contributed by atoms with Gasteiger partial charge in [-0.2, -0.15) is 0 Å². The molecule has 0 saturated carbocycles. The van der Waals surface area contributed by atoms with Crippen molar-refractivity contribution in [1.82, 2.24) is 29.5 Å². The maximum absolute atomic E-state index is 4.38. The SMILES string of the molecule is c1cnc(N2CCC(Nc3nccn4cnnc34)CC2)nc1. The number of piperidine rings is 1. The summed E-state index contributed by atoms with van der Waals surface area (Å²) in [5.74, 6) is 1.59. The summed E-state index contributed by atoms with van der Waals surface area (Å²) in [5, 5.41) is 11.5. The van der Waals surface area contributed by atoms with Gasteiger partial charge >= 0.3 is 0 Å². The molecule has 1 fully saturated rings. The highest BCUT2D eigenvalue weighted by Gasteiger charge is 2.21. The Bertz CT molecular complexity index is 748. The van der Waals surface area contributed by atoms with Crippen LogP contribution in [0.15, 0.2) is 37.2 Å². The number of nitrogens with one attached hydrogen (secondary N) is 1. The Morgan fingerprint density at radius 3 is 2.68 bits per heavy atom. The molecule has 0 radical (unpaired) electrons. The fourth-order valence-corrected chi connectivity index (χ4v) is 2.73. The molecule has 4 rings (SSSR count). The monoisotopic (exact) mass is 296 g/mol. The highest BCUT2D eigenvalue weighted by atomic mass is 15.3. The van der Waals surface area contributed by atoms with E-state index in [0.717, 1.165) is 43.3 Å². The number of aromatic nitrogens is 6. The Morgan fingerprint density at radius 2 is 1.86 bits per heavy atom. The Kier molecular flexibility index (Phi) is 3.26. The van der Waals surface area contributed by atoms with E-state index in [1.54, 1.807) is 24.9 Å². The predicted molar refractivity (Wildman–Crippen MR) is 81.7 cm³/mol. The Hall–Kier alpha value is -2.77. The van der Waals surface area contributed by atoms with Crippen LogP contribution in [0.3, 0.4) is 0 Å². The van der Waals surface area contributed by atoms with Crippen LogP contribution in [0.1, 0.15) is 12.8 Å². The maximum Gasteiger partial charge on any atom is 0.225 e. The highest BCUT2D eigenvalue weighted by Crippen LogP contribution is 2.19. The van der Waals surface area contributed by atoms with Crippen molar-refractivity contribution in [3.63, 3.8) is 0 Å². The summed E-state index contributed by atoms with van der Waals surface area (Å²) in [6.45, 7) is 1.86. The fraction of sp³-hybridized carbons (Fsp3) is 0.357. The number of hydrogen-bond donors (Lipinski definition) is 1. The van der Waals surface area contributed by atoms with Gasteiger partial charge in [0.1, 0.15) is 6.33 Å². The van der Waals surface area contributed by atoms with Crippen LogP contribution in [0.5, 0.6) is 0 Å². The van der Waals surface area contributed by atoms with Crippen molar-refractivity contribution < 1.29 is 0 Å². The second kappa shape index (κ2) is 5.55. The summed E-state index contributed by atoms with van der Waals surface area (Å²) in [4.78, 5) is 15.2. The van der Waals surface area contributed by atoms with E-state index < -0.39 is 0 Å². The quantitative estimate of drug-likeness (QED) is 0.771. The zero-order valence-corrected chi connectivity index (χ0v) is 12.0. The zero-order chi connectivity index (χ0) is 14.8. The first-order chi connectivity index (χ1) is 10.9. The second-order valence-corrected chi connectivity index (χ2v) is 5.29. The molecule has 3 aromatic heterocycles. The third-order valence-electron chi connectivity index (χ3n) is 3.89. The Morgan fingerprint density at radius 1 is 1.05 bits per heavy atom. The van der Waals surface area contributed by atoms with Crippen LogP contribution in [0.2, 0.25) is 0 Å². The molecule has 4 heterocycles. The molecule has 0 aliphatic carbocycles. The van der Waals surface area contributed by atoms with E-state index in [1.165, 1.54) is 0 Å². The molecule has 0 atom stereocenters. The molecule has 1 N–H and O–H groups in total. The summed E-state index contributed by atoms with van der Waals surface area (Å²) in [5.41, 5.74) is 0.760. The molecule has 22 heavy (non-hydrogen) atoms. The average molecular weight is 296 g/mol. The van der Waals surface area contributed by atoms with Gasteiger partial charge in [0.2, 0.25) is 11.6 Å². The lowest BCUT2D eigenvalue weighted by molar-refractivity contribution is 0.519. The van der Waals surface area contributed by atoms with E-state index in [2.05, 4.69) is 35.4 Å². The van der Waals surface area contributed by atoms with Gasteiger partial charge in [-0.1, -0.05) is 0 Å². The van der Waals surface area contributed by atoms with Gasteiger partial charge in [-0.3, -0.25) is 4.40 Å². The van der Waals surface area contributed by atoms with E-state index in [1.807, 2.05) is 16.7 Å². The third kappa shape index (κ3) is 2.43. The fourth-order valence-electron chi connectivity index (χ4n) is 2.73. The van der Waals surface area contributed by atoms with Gasteiger partial charge in [0, 0.05) is 43.9 Å². The topological polar surface area (TPSA) is 84.1 Å². The minimum Gasteiger partial charge on any atom is -0.364 e. The largest absolute Gasteiger partial charge is 0.364 e. The van der Waals surface area contributed by atoms with Crippen molar-refractivity contribution in [3.8, 4) is 0 Å². The maximum atomic E-state index is 4.38. The van der Waals surface area contributed by atoms with E-state index in [0.29, 0.717) is 6.04 Å². The number of hydrogen-bond acceptors (Lipinski definition) is 7. The standard InChI is InChI=1S/C14H16N8/c1-4-16-14(17-5-1)21-7-2-11(3-8-21)19-12-13-20-18-10-22(13)9-6-15-12/h1,4-6,9-11H,2-3,7-8H2,(H,15,19). The van der Waals surface area contributed by atoms with Gasteiger partial charge in [0.25, 0.3) is 0 Å². The highest BCUT2D eigenvalue weighted by molar-refractivity contribution is 5.61. The molecular weight excluding hydrogens is 280 g/mol. The van der Waals surface area contributed by atoms with Crippen LogP contribution in [0.4, 0.5) is 11.8 Å². The number of nitrogens with zero attached hydrogens (tertiary/aromatic N) is 7. The molecule has 1 saturated heterocycles. The lowest BCUT2D eigenvalue weighted by Crippen LogP contribution is -2.40. The summed E-state index contributed by atoms with van der Waals surface area (Å²) in [6.07, 6.45) is 10.9. The summed E-state index contributed by atoms with van der Waals surface area (Å²) in [7, 11) is 0. The minimum absolute atomic E-state index is 0.371. The van der Waals surface area contributed by atoms with E-state index in [9.17, 15) is 0 Å². The first kappa shape index (κ1) is 12.9. The molecule has 3 aromatic rings. The molecule has 1 aliphatic heterocycles. The molecule has 1 aliphatic rings. The molecular formula is C14H16N8. The van der Waals surface area contributed by atoms with Crippen LogP contribution in [0, 0.1) is 0 Å². The van der Waals surface area contributed by atoms with Crippen LogP contribution in [-0.2, 0) is 0 Å². The molecule has 0 amide bonds. The Balaban J connectivity index is 1.43. The van der Waals surface area contributed by atoms with Gasteiger partial charge < -0.3 is 10.2 Å². The molecule has 112 valence electrons. The van der Waals surface area contributed by atoms with Crippen molar-refractivity contribution in [3.05, 3.63) is 37.2 Å². The first-order valence-corrected chi connectivity index (χ1v) is 7.33. The van der Waals surface area contributed by atoms with E-state index in [4.69, 9.17) is 0 Å². The van der Waals surface area contributed by atoms with Gasteiger partial charge in [0.05, 0.1) is 0 Å². The van der Waals surface area contributed by atoms with Crippen LogP contribution in [-0.4, -0.2) is 48.7 Å². The Labute approximate surface area is 127 Å². The van der Waals surface area contributed by atoms with Gasteiger partial charge in [0.15, 0.2) is 5.82 Å². The molecule has 8 heteroatoms. The number of anilines is 2. The normalized spacial score (nSPS) is 16.1. The van der Waals surface area contributed by atoms with Crippen molar-refractivity contribution in [2.45, 2.75) is 18.9 Å².